The minimum Gasteiger partial charge on any atom is -0.297 e. The van der Waals surface area contributed by atoms with Crippen LogP contribution in [0.15, 0.2) is 30.3 Å². The Balaban J connectivity index is 1.86. The number of anilines is 1. The van der Waals surface area contributed by atoms with Gasteiger partial charge in [0.25, 0.3) is 5.91 Å². The fourth-order valence-corrected chi connectivity index (χ4v) is 3.43. The van der Waals surface area contributed by atoms with Crippen molar-refractivity contribution >= 4 is 43.9 Å². The van der Waals surface area contributed by atoms with Gasteiger partial charge in [0.15, 0.2) is 5.13 Å². The first-order valence-electron chi connectivity index (χ1n) is 6.16. The summed E-state index contributed by atoms with van der Waals surface area (Å²) in [7, 11) is 0. The van der Waals surface area contributed by atoms with Crippen LogP contribution in [0.4, 0.5) is 18.3 Å². The molecular weight excluding hydrogens is 347 g/mol. The molecule has 4 nitrogen and oxygen atoms in total. The van der Waals surface area contributed by atoms with Gasteiger partial charge in [-0.1, -0.05) is 11.3 Å². The first kappa shape index (κ1) is 15.5. The molecule has 23 heavy (non-hydrogen) atoms. The highest BCUT2D eigenvalue weighted by Crippen LogP contribution is 2.34. The Bertz CT molecular complexity index is 937. The number of thiophene rings is 1. The quantitative estimate of drug-likeness (QED) is 0.738. The Labute approximate surface area is 135 Å². The van der Waals surface area contributed by atoms with Gasteiger partial charge < -0.3 is 0 Å². The summed E-state index contributed by atoms with van der Waals surface area (Å²) in [4.78, 5) is 16.8. The van der Waals surface area contributed by atoms with Gasteiger partial charge in [0, 0.05) is 0 Å². The first-order valence-corrected chi connectivity index (χ1v) is 7.79. The molecule has 3 rings (SSSR count). The molecule has 0 spiro atoms. The van der Waals surface area contributed by atoms with E-state index in [1.165, 1.54) is 18.2 Å². The average Bonchev–Trinajstić information content (AvgIpc) is 3.11. The molecule has 1 amide bonds. The molecule has 2 heterocycles. The van der Waals surface area contributed by atoms with Crippen LogP contribution in [-0.2, 0) is 6.18 Å². The van der Waals surface area contributed by atoms with Crippen LogP contribution in [0.2, 0.25) is 0 Å². The number of thiazole rings is 1. The number of carbonyl (C=O) groups excluding carboxylic acids is 1. The molecule has 116 valence electrons. The second-order valence-electron chi connectivity index (χ2n) is 4.43. The number of halogens is 3. The summed E-state index contributed by atoms with van der Waals surface area (Å²) in [5.41, 5.74) is -0.384. The minimum atomic E-state index is -4.42. The summed E-state index contributed by atoms with van der Waals surface area (Å²) in [5.74, 6) is -0.452. The van der Waals surface area contributed by atoms with Crippen molar-refractivity contribution in [2.45, 2.75) is 6.18 Å². The molecule has 0 aliphatic rings. The van der Waals surface area contributed by atoms with E-state index in [0.29, 0.717) is 20.0 Å². The summed E-state index contributed by atoms with van der Waals surface area (Å²) in [6.45, 7) is 0. The Morgan fingerprint density at radius 2 is 2.00 bits per heavy atom. The van der Waals surface area contributed by atoms with E-state index < -0.39 is 17.6 Å². The normalized spacial score (nSPS) is 11.4. The molecule has 0 unspecified atom stereocenters. The van der Waals surface area contributed by atoms with Crippen LogP contribution in [0.25, 0.3) is 10.2 Å². The molecule has 0 bridgehead atoms. The van der Waals surface area contributed by atoms with Crippen LogP contribution in [-0.4, -0.2) is 10.9 Å². The van der Waals surface area contributed by atoms with Crippen molar-refractivity contribution in [1.82, 2.24) is 4.98 Å². The average molecular weight is 353 g/mol. The fraction of sp³-hybridized carbons (Fsp3) is 0.0714. The van der Waals surface area contributed by atoms with Gasteiger partial charge in [-0.25, -0.2) is 4.98 Å². The second-order valence-corrected chi connectivity index (χ2v) is 6.54. The Morgan fingerprint density at radius 3 is 2.65 bits per heavy atom. The third kappa shape index (κ3) is 3.18. The number of nitrogens with zero attached hydrogens (tertiary/aromatic N) is 2. The predicted octanol–water partition coefficient (Wildman–Crippen LogP) is 4.50. The van der Waals surface area contributed by atoms with Gasteiger partial charge in [0.05, 0.1) is 20.7 Å². The standard InChI is InChI=1S/C14H6F3N3OS2/c15-14(16,17)7-1-3-9-11(5-7)23-13(19-9)20-12(21)10-4-2-8(6-18)22-10/h1-5H,(H,19,20,21). The van der Waals surface area contributed by atoms with E-state index >= 15 is 0 Å². The predicted molar refractivity (Wildman–Crippen MR) is 81.6 cm³/mol. The van der Waals surface area contributed by atoms with Crippen molar-refractivity contribution in [3.05, 3.63) is 45.6 Å². The van der Waals surface area contributed by atoms with E-state index in [-0.39, 0.29) is 5.13 Å². The topological polar surface area (TPSA) is 65.8 Å². The Morgan fingerprint density at radius 1 is 1.22 bits per heavy atom. The maximum atomic E-state index is 12.7. The summed E-state index contributed by atoms with van der Waals surface area (Å²) in [6, 6.07) is 8.18. The van der Waals surface area contributed by atoms with E-state index in [4.69, 9.17) is 5.26 Å². The van der Waals surface area contributed by atoms with E-state index in [2.05, 4.69) is 10.3 Å². The maximum Gasteiger partial charge on any atom is 0.416 e. The zero-order valence-corrected chi connectivity index (χ0v) is 12.8. The molecule has 0 saturated heterocycles. The lowest BCUT2D eigenvalue weighted by Gasteiger charge is -2.04. The highest BCUT2D eigenvalue weighted by molar-refractivity contribution is 7.22. The molecular formula is C14H6F3N3OS2. The number of amides is 1. The van der Waals surface area contributed by atoms with Gasteiger partial charge in [-0.05, 0) is 30.3 Å². The number of benzene rings is 1. The van der Waals surface area contributed by atoms with Crippen molar-refractivity contribution < 1.29 is 18.0 Å². The summed E-state index contributed by atoms with van der Waals surface area (Å²) in [6.07, 6.45) is -4.42. The van der Waals surface area contributed by atoms with Gasteiger partial charge in [0.2, 0.25) is 0 Å². The smallest absolute Gasteiger partial charge is 0.297 e. The van der Waals surface area contributed by atoms with Crippen LogP contribution in [0.5, 0.6) is 0 Å². The molecule has 0 radical (unpaired) electrons. The number of nitrogens with one attached hydrogen (secondary N) is 1. The highest BCUT2D eigenvalue weighted by atomic mass is 32.1. The number of fused-ring (bicyclic) bond motifs is 1. The molecule has 2 aromatic heterocycles. The Hall–Kier alpha value is -2.44. The van der Waals surface area contributed by atoms with E-state index in [0.717, 1.165) is 34.8 Å². The van der Waals surface area contributed by atoms with Crippen LogP contribution < -0.4 is 5.32 Å². The van der Waals surface area contributed by atoms with Crippen molar-refractivity contribution in [3.63, 3.8) is 0 Å². The monoisotopic (exact) mass is 353 g/mol. The lowest BCUT2D eigenvalue weighted by atomic mass is 10.2. The largest absolute Gasteiger partial charge is 0.416 e. The second kappa shape index (κ2) is 5.64. The lowest BCUT2D eigenvalue weighted by Crippen LogP contribution is -2.09. The van der Waals surface area contributed by atoms with Crippen LogP contribution in [0, 0.1) is 11.3 Å². The maximum absolute atomic E-state index is 12.7. The minimum absolute atomic E-state index is 0.205. The molecule has 1 N–H and O–H groups in total. The van der Waals surface area contributed by atoms with Crippen LogP contribution in [0.3, 0.4) is 0 Å². The van der Waals surface area contributed by atoms with Gasteiger partial charge in [-0.3, -0.25) is 10.1 Å². The third-order valence-electron chi connectivity index (χ3n) is 2.88. The highest BCUT2D eigenvalue weighted by Gasteiger charge is 2.30. The SMILES string of the molecule is N#Cc1ccc(C(=O)Nc2nc3ccc(C(F)(F)F)cc3s2)s1. The molecule has 0 aliphatic heterocycles. The van der Waals surface area contributed by atoms with E-state index in [9.17, 15) is 18.0 Å². The first-order chi connectivity index (χ1) is 10.9. The van der Waals surface area contributed by atoms with Gasteiger partial charge in [-0.2, -0.15) is 18.4 Å². The fourth-order valence-electron chi connectivity index (χ4n) is 1.83. The van der Waals surface area contributed by atoms with Gasteiger partial charge in [0.1, 0.15) is 10.9 Å². The molecule has 0 saturated carbocycles. The third-order valence-corrected chi connectivity index (χ3v) is 4.80. The number of alkyl halides is 3. The van der Waals surface area contributed by atoms with Gasteiger partial charge >= 0.3 is 6.18 Å². The number of hydrogen-bond donors (Lipinski definition) is 1. The van der Waals surface area contributed by atoms with E-state index in [1.807, 2.05) is 6.07 Å². The van der Waals surface area contributed by atoms with Crippen LogP contribution in [0.1, 0.15) is 20.1 Å². The summed E-state index contributed by atoms with van der Waals surface area (Å²) >= 11 is 1.99. The zero-order chi connectivity index (χ0) is 16.6. The van der Waals surface area contributed by atoms with Crippen molar-refractivity contribution in [1.29, 1.82) is 5.26 Å². The molecule has 0 atom stereocenters. The van der Waals surface area contributed by atoms with E-state index in [1.54, 1.807) is 0 Å². The number of rotatable bonds is 2. The molecule has 0 fully saturated rings. The lowest BCUT2D eigenvalue weighted by molar-refractivity contribution is -0.137. The van der Waals surface area contributed by atoms with Gasteiger partial charge in [-0.15, -0.1) is 11.3 Å². The van der Waals surface area contributed by atoms with Crippen molar-refractivity contribution in [2.24, 2.45) is 0 Å². The number of nitriles is 1. The molecule has 1 aromatic carbocycles. The molecule has 0 aliphatic carbocycles. The number of carbonyl (C=O) groups is 1. The van der Waals surface area contributed by atoms with Crippen molar-refractivity contribution in [2.75, 3.05) is 5.32 Å². The van der Waals surface area contributed by atoms with Crippen molar-refractivity contribution in [3.8, 4) is 6.07 Å². The Kier molecular flexibility index (Phi) is 3.79. The zero-order valence-electron chi connectivity index (χ0n) is 11.1. The summed E-state index contributed by atoms with van der Waals surface area (Å²) in [5, 5.41) is 11.5. The summed E-state index contributed by atoms with van der Waals surface area (Å²) < 4.78 is 38.4. The number of aromatic nitrogens is 1. The number of hydrogen-bond acceptors (Lipinski definition) is 5. The van der Waals surface area contributed by atoms with Crippen LogP contribution >= 0.6 is 22.7 Å². The molecule has 3 aromatic rings. The molecule has 9 heteroatoms.